The van der Waals surface area contributed by atoms with Crippen molar-refractivity contribution in [2.75, 3.05) is 5.73 Å². The molecule has 0 fully saturated rings. The number of hydrogen-bond donors (Lipinski definition) is 2. The van der Waals surface area contributed by atoms with Crippen molar-refractivity contribution in [3.05, 3.63) is 29.6 Å². The van der Waals surface area contributed by atoms with Gasteiger partial charge in [0.05, 0.1) is 16.9 Å². The average molecular weight is 226 g/mol. The molecule has 5 heteroatoms. The van der Waals surface area contributed by atoms with E-state index in [1.165, 1.54) is 18.2 Å². The van der Waals surface area contributed by atoms with Crippen LogP contribution >= 0.6 is 0 Å². The third kappa shape index (κ3) is 3.20. The minimum absolute atomic E-state index is 0.0595. The second kappa shape index (κ2) is 4.49. The third-order valence-corrected chi connectivity index (χ3v) is 1.75. The molecular formula is C11H15FN2O2. The maximum absolute atomic E-state index is 13.1. The maximum atomic E-state index is 13.1. The molecule has 0 radical (unpaired) electrons. The maximum Gasteiger partial charge on any atom is 0.277 e. The van der Waals surface area contributed by atoms with E-state index in [9.17, 15) is 9.18 Å². The number of nitrogen functional groups attached to an aromatic ring is 1. The molecule has 4 nitrogen and oxygen atoms in total. The first kappa shape index (κ1) is 12.4. The quantitative estimate of drug-likeness (QED) is 0.597. The van der Waals surface area contributed by atoms with Crippen LogP contribution in [0.4, 0.5) is 10.1 Å². The minimum Gasteiger partial charge on any atom is -0.396 e. The number of anilines is 1. The highest BCUT2D eigenvalue weighted by Crippen LogP contribution is 2.15. The molecule has 1 rings (SSSR count). The van der Waals surface area contributed by atoms with Gasteiger partial charge in [-0.3, -0.25) is 9.63 Å². The molecule has 16 heavy (non-hydrogen) atoms. The van der Waals surface area contributed by atoms with Gasteiger partial charge in [-0.05, 0) is 32.9 Å². The molecule has 0 aromatic heterocycles. The predicted molar refractivity (Wildman–Crippen MR) is 59.1 cm³/mol. The van der Waals surface area contributed by atoms with Crippen LogP contribution in [0.1, 0.15) is 31.1 Å². The summed E-state index contributed by atoms with van der Waals surface area (Å²) in [5.74, 6) is -1.18. The van der Waals surface area contributed by atoms with Crippen LogP contribution in [0.2, 0.25) is 0 Å². The van der Waals surface area contributed by atoms with Crippen LogP contribution in [-0.4, -0.2) is 11.5 Å². The Balaban J connectivity index is 2.78. The predicted octanol–water partition coefficient (Wildman–Crippen LogP) is 1.87. The van der Waals surface area contributed by atoms with Crippen molar-refractivity contribution in [1.29, 1.82) is 0 Å². The lowest BCUT2D eigenvalue weighted by Gasteiger charge is -2.19. The fourth-order valence-electron chi connectivity index (χ4n) is 0.989. The van der Waals surface area contributed by atoms with E-state index >= 15 is 0 Å². The summed E-state index contributed by atoms with van der Waals surface area (Å²) in [5, 5.41) is 0. The first-order chi connectivity index (χ1) is 7.31. The summed E-state index contributed by atoms with van der Waals surface area (Å²) in [6.45, 7) is 5.34. The number of nitrogens with one attached hydrogen (secondary N) is 1. The molecule has 0 unspecified atom stereocenters. The van der Waals surface area contributed by atoms with Gasteiger partial charge in [-0.2, -0.15) is 0 Å². The van der Waals surface area contributed by atoms with E-state index in [0.29, 0.717) is 0 Å². The van der Waals surface area contributed by atoms with Crippen LogP contribution in [-0.2, 0) is 4.84 Å². The van der Waals surface area contributed by atoms with Crippen molar-refractivity contribution in [2.24, 2.45) is 0 Å². The summed E-state index contributed by atoms with van der Waals surface area (Å²) in [6.07, 6.45) is 0. The molecule has 0 saturated carbocycles. The Bertz CT molecular complexity index is 399. The Morgan fingerprint density at radius 2 is 2.06 bits per heavy atom. The number of carbonyl (C=O) groups excluding carboxylic acids is 1. The molecule has 0 saturated heterocycles. The number of amides is 1. The lowest BCUT2D eigenvalue weighted by atomic mass is 10.1. The molecule has 1 amide bonds. The van der Waals surface area contributed by atoms with Gasteiger partial charge in [-0.1, -0.05) is 6.07 Å². The van der Waals surface area contributed by atoms with E-state index < -0.39 is 17.3 Å². The number of carbonyl (C=O) groups is 1. The highest BCUT2D eigenvalue weighted by Gasteiger charge is 2.16. The topological polar surface area (TPSA) is 64.3 Å². The van der Waals surface area contributed by atoms with Crippen LogP contribution in [0.25, 0.3) is 0 Å². The van der Waals surface area contributed by atoms with Gasteiger partial charge >= 0.3 is 0 Å². The lowest BCUT2D eigenvalue weighted by molar-refractivity contribution is -0.0589. The van der Waals surface area contributed by atoms with Crippen LogP contribution in [0.3, 0.4) is 0 Å². The Labute approximate surface area is 93.5 Å². The van der Waals surface area contributed by atoms with Crippen molar-refractivity contribution in [3.63, 3.8) is 0 Å². The van der Waals surface area contributed by atoms with Gasteiger partial charge in [0.2, 0.25) is 0 Å². The number of para-hydroxylation sites is 1. The van der Waals surface area contributed by atoms with Crippen molar-refractivity contribution in [1.82, 2.24) is 5.48 Å². The molecule has 0 heterocycles. The highest BCUT2D eigenvalue weighted by atomic mass is 19.1. The molecule has 3 N–H and O–H groups in total. The summed E-state index contributed by atoms with van der Waals surface area (Å²) in [4.78, 5) is 16.6. The third-order valence-electron chi connectivity index (χ3n) is 1.75. The Kier molecular flexibility index (Phi) is 3.49. The molecule has 0 spiro atoms. The van der Waals surface area contributed by atoms with Gasteiger partial charge < -0.3 is 5.73 Å². The number of halogens is 1. The summed E-state index contributed by atoms with van der Waals surface area (Å²) in [5.41, 5.74) is 7.01. The minimum atomic E-state index is -0.622. The van der Waals surface area contributed by atoms with Crippen LogP contribution in [0.5, 0.6) is 0 Å². The number of hydrogen-bond acceptors (Lipinski definition) is 3. The molecule has 0 bridgehead atoms. The van der Waals surface area contributed by atoms with E-state index in [1.807, 2.05) is 0 Å². The normalized spacial score (nSPS) is 11.2. The Morgan fingerprint density at radius 1 is 1.44 bits per heavy atom. The Morgan fingerprint density at radius 3 is 2.62 bits per heavy atom. The van der Waals surface area contributed by atoms with Crippen LogP contribution in [0.15, 0.2) is 18.2 Å². The summed E-state index contributed by atoms with van der Waals surface area (Å²) < 4.78 is 13.1. The van der Waals surface area contributed by atoms with Gasteiger partial charge in [0.25, 0.3) is 5.91 Å². The molecule has 1 aromatic carbocycles. The number of rotatable bonds is 2. The number of nitrogens with two attached hydrogens (primary N) is 1. The zero-order valence-electron chi connectivity index (χ0n) is 9.50. The lowest BCUT2D eigenvalue weighted by Crippen LogP contribution is -2.34. The largest absolute Gasteiger partial charge is 0.396 e. The standard InChI is InChI=1S/C11H15FN2O2/c1-11(2,3)16-14-10(15)7-5-4-6-8(12)9(7)13/h4-6H,13H2,1-3H3,(H,14,15). The number of hydroxylamine groups is 1. The molecule has 88 valence electrons. The van der Waals surface area contributed by atoms with Gasteiger partial charge in [0.15, 0.2) is 0 Å². The second-order valence-electron chi connectivity index (χ2n) is 4.35. The molecular weight excluding hydrogens is 211 g/mol. The highest BCUT2D eigenvalue weighted by molar-refractivity contribution is 5.98. The second-order valence-corrected chi connectivity index (χ2v) is 4.35. The zero-order chi connectivity index (χ0) is 12.3. The van der Waals surface area contributed by atoms with E-state index in [4.69, 9.17) is 10.6 Å². The first-order valence-electron chi connectivity index (χ1n) is 4.83. The molecule has 0 aliphatic rings. The SMILES string of the molecule is CC(C)(C)ONC(=O)c1cccc(F)c1N. The van der Waals surface area contributed by atoms with Crippen molar-refractivity contribution in [2.45, 2.75) is 26.4 Å². The van der Waals surface area contributed by atoms with E-state index in [1.54, 1.807) is 20.8 Å². The summed E-state index contributed by atoms with van der Waals surface area (Å²) >= 11 is 0. The zero-order valence-corrected chi connectivity index (χ0v) is 9.50. The molecule has 0 aliphatic carbocycles. The average Bonchev–Trinajstić information content (AvgIpc) is 2.17. The van der Waals surface area contributed by atoms with Crippen LogP contribution < -0.4 is 11.2 Å². The molecule has 0 atom stereocenters. The summed E-state index contributed by atoms with van der Waals surface area (Å²) in [6, 6.07) is 4.04. The Hall–Kier alpha value is -1.62. The number of benzene rings is 1. The van der Waals surface area contributed by atoms with Gasteiger partial charge in [-0.25, -0.2) is 9.87 Å². The van der Waals surface area contributed by atoms with E-state index in [2.05, 4.69) is 5.48 Å². The molecule has 1 aromatic rings. The smallest absolute Gasteiger partial charge is 0.277 e. The molecule has 0 aliphatic heterocycles. The van der Waals surface area contributed by atoms with Crippen molar-refractivity contribution < 1.29 is 14.0 Å². The van der Waals surface area contributed by atoms with E-state index in [-0.39, 0.29) is 11.3 Å². The fraction of sp³-hybridized carbons (Fsp3) is 0.364. The van der Waals surface area contributed by atoms with Gasteiger partial charge in [0, 0.05) is 0 Å². The van der Waals surface area contributed by atoms with E-state index in [0.717, 1.165) is 0 Å². The van der Waals surface area contributed by atoms with Crippen molar-refractivity contribution >= 4 is 11.6 Å². The van der Waals surface area contributed by atoms with Crippen LogP contribution in [0, 0.1) is 5.82 Å². The van der Waals surface area contributed by atoms with Gasteiger partial charge in [-0.15, -0.1) is 0 Å². The monoisotopic (exact) mass is 226 g/mol. The van der Waals surface area contributed by atoms with Gasteiger partial charge in [0.1, 0.15) is 5.82 Å². The summed E-state index contributed by atoms with van der Waals surface area (Å²) in [7, 11) is 0. The van der Waals surface area contributed by atoms with Crippen molar-refractivity contribution in [3.8, 4) is 0 Å². The first-order valence-corrected chi connectivity index (χ1v) is 4.83. The fourth-order valence-corrected chi connectivity index (χ4v) is 0.989.